The number of halogens is 1. The van der Waals surface area contributed by atoms with E-state index in [1.54, 1.807) is 34.9 Å². The molecule has 198 valence electrons. The Bertz CT molecular complexity index is 1470. The zero-order valence-electron chi connectivity index (χ0n) is 21.2. The number of imidazole rings is 1. The van der Waals surface area contributed by atoms with Gasteiger partial charge in [0.25, 0.3) is 5.91 Å². The summed E-state index contributed by atoms with van der Waals surface area (Å²) in [5.41, 5.74) is 3.68. The van der Waals surface area contributed by atoms with Crippen LogP contribution >= 0.6 is 11.6 Å². The van der Waals surface area contributed by atoms with Gasteiger partial charge in [-0.1, -0.05) is 41.4 Å². The number of para-hydroxylation sites is 2. The van der Waals surface area contributed by atoms with E-state index in [9.17, 15) is 14.7 Å². The Morgan fingerprint density at radius 3 is 2.63 bits per heavy atom. The summed E-state index contributed by atoms with van der Waals surface area (Å²) in [6.07, 6.45) is 0.879. The van der Waals surface area contributed by atoms with Crippen LogP contribution in [-0.2, 0) is 0 Å². The fraction of sp³-hybridized carbons (Fsp3) is 0.310. The maximum atomic E-state index is 12.6. The first-order valence-electron chi connectivity index (χ1n) is 12.8. The second-order valence-electron chi connectivity index (χ2n) is 9.77. The van der Waals surface area contributed by atoms with E-state index in [4.69, 9.17) is 16.3 Å². The number of aliphatic hydroxyl groups excluding tert-OH is 1. The van der Waals surface area contributed by atoms with Gasteiger partial charge in [-0.05, 0) is 62.2 Å². The summed E-state index contributed by atoms with van der Waals surface area (Å²) in [5.74, 6) is 0.282. The maximum Gasteiger partial charge on any atom is 0.326 e. The van der Waals surface area contributed by atoms with E-state index < -0.39 is 6.10 Å². The number of carbonyl (C=O) groups excluding carboxylic acids is 1. The van der Waals surface area contributed by atoms with Crippen LogP contribution in [-0.4, -0.2) is 57.8 Å². The lowest BCUT2D eigenvalue weighted by Crippen LogP contribution is -2.42. The Hall–Kier alpha value is -3.59. The van der Waals surface area contributed by atoms with Crippen LogP contribution in [0, 0.1) is 6.92 Å². The van der Waals surface area contributed by atoms with E-state index in [0.717, 1.165) is 42.5 Å². The van der Waals surface area contributed by atoms with Crippen LogP contribution in [0.15, 0.2) is 71.5 Å². The van der Waals surface area contributed by atoms with Crippen molar-refractivity contribution in [2.24, 2.45) is 0 Å². The number of benzene rings is 3. The van der Waals surface area contributed by atoms with E-state index in [0.29, 0.717) is 28.6 Å². The number of nitrogens with one attached hydrogen (secondary N) is 2. The van der Waals surface area contributed by atoms with E-state index in [2.05, 4.69) is 15.2 Å². The van der Waals surface area contributed by atoms with Crippen molar-refractivity contribution >= 4 is 34.2 Å². The number of hydrogen-bond donors (Lipinski definition) is 3. The van der Waals surface area contributed by atoms with Crippen molar-refractivity contribution in [3.8, 4) is 5.75 Å². The maximum absolute atomic E-state index is 12.6. The second-order valence-corrected chi connectivity index (χ2v) is 10.2. The van der Waals surface area contributed by atoms with Crippen LogP contribution in [0.25, 0.3) is 11.0 Å². The Labute approximate surface area is 225 Å². The van der Waals surface area contributed by atoms with E-state index in [1.165, 1.54) is 0 Å². The topological polar surface area (TPSA) is 99.6 Å². The number of anilines is 1. The van der Waals surface area contributed by atoms with Crippen LogP contribution in [0.5, 0.6) is 5.75 Å². The van der Waals surface area contributed by atoms with Crippen LogP contribution in [0.3, 0.4) is 0 Å². The highest BCUT2D eigenvalue weighted by molar-refractivity contribution is 6.31. The molecule has 2 heterocycles. The number of ether oxygens (including phenoxy) is 1. The van der Waals surface area contributed by atoms with Crippen molar-refractivity contribution in [2.75, 3.05) is 31.6 Å². The molecule has 0 bridgehead atoms. The first kappa shape index (κ1) is 26.0. The fourth-order valence-corrected chi connectivity index (χ4v) is 5.12. The zero-order chi connectivity index (χ0) is 26.6. The smallest absolute Gasteiger partial charge is 0.326 e. The molecular weight excluding hydrogens is 504 g/mol. The molecule has 0 radical (unpaired) electrons. The van der Waals surface area contributed by atoms with Crippen LogP contribution in [0.2, 0.25) is 5.02 Å². The molecule has 1 aromatic heterocycles. The molecule has 1 atom stereocenters. The molecule has 1 saturated heterocycles. The normalized spacial score (nSPS) is 15.4. The Kier molecular flexibility index (Phi) is 7.83. The van der Waals surface area contributed by atoms with E-state index >= 15 is 0 Å². The van der Waals surface area contributed by atoms with Gasteiger partial charge in [0.2, 0.25) is 0 Å². The number of H-pyrrole nitrogens is 1. The van der Waals surface area contributed by atoms with Gasteiger partial charge in [0.1, 0.15) is 18.5 Å². The van der Waals surface area contributed by atoms with Gasteiger partial charge < -0.3 is 25.0 Å². The molecule has 0 saturated carbocycles. The molecule has 4 aromatic rings. The number of piperidine rings is 1. The first-order valence-corrected chi connectivity index (χ1v) is 13.2. The van der Waals surface area contributed by atoms with Crippen molar-refractivity contribution < 1.29 is 14.6 Å². The highest BCUT2D eigenvalue weighted by Gasteiger charge is 2.25. The van der Waals surface area contributed by atoms with Gasteiger partial charge in [-0.15, -0.1) is 0 Å². The molecule has 38 heavy (non-hydrogen) atoms. The third-order valence-corrected chi connectivity index (χ3v) is 7.19. The minimum atomic E-state index is -0.706. The summed E-state index contributed by atoms with van der Waals surface area (Å²) >= 11 is 6.16. The number of aromatic nitrogens is 2. The number of fused-ring (bicyclic) bond motifs is 1. The number of amides is 1. The van der Waals surface area contributed by atoms with Gasteiger partial charge in [0, 0.05) is 36.3 Å². The average molecular weight is 535 g/mol. The minimum absolute atomic E-state index is 0.0726. The number of nitrogens with zero attached hydrogens (tertiary/aromatic N) is 2. The number of carbonyl (C=O) groups is 1. The highest BCUT2D eigenvalue weighted by atomic mass is 35.5. The van der Waals surface area contributed by atoms with Gasteiger partial charge in [0.05, 0.1) is 16.7 Å². The third kappa shape index (κ3) is 5.93. The number of rotatable bonds is 8. The SMILES string of the molecule is Cc1ccc(C(=O)Nc2ccccc2OCC(O)CN2CCC(n3c(=O)[nH]c4ccc(Cl)cc43)CC2)cc1. The van der Waals surface area contributed by atoms with Crippen molar-refractivity contribution in [2.45, 2.75) is 31.9 Å². The van der Waals surface area contributed by atoms with Crippen LogP contribution in [0.1, 0.15) is 34.8 Å². The van der Waals surface area contributed by atoms with Gasteiger partial charge in [-0.25, -0.2) is 4.79 Å². The summed E-state index contributed by atoms with van der Waals surface area (Å²) in [5, 5.41) is 14.2. The van der Waals surface area contributed by atoms with Gasteiger partial charge in [0.15, 0.2) is 0 Å². The summed E-state index contributed by atoms with van der Waals surface area (Å²) in [6.45, 7) is 4.03. The number of hydrogen-bond acceptors (Lipinski definition) is 5. The Balaban J connectivity index is 1.14. The number of β-amino-alcohol motifs (C(OH)–C–C–N with tert-alkyl or cyclic N) is 1. The molecule has 0 aliphatic carbocycles. The molecule has 3 N–H and O–H groups in total. The lowest BCUT2D eigenvalue weighted by atomic mass is 10.0. The summed E-state index contributed by atoms with van der Waals surface area (Å²) in [4.78, 5) is 30.3. The van der Waals surface area contributed by atoms with Gasteiger partial charge in [-0.3, -0.25) is 9.36 Å². The minimum Gasteiger partial charge on any atom is -0.489 e. The lowest BCUT2D eigenvalue weighted by molar-refractivity contribution is 0.0561. The average Bonchev–Trinajstić information content (AvgIpc) is 3.23. The van der Waals surface area contributed by atoms with Gasteiger partial charge >= 0.3 is 5.69 Å². The molecule has 1 amide bonds. The largest absolute Gasteiger partial charge is 0.489 e. The van der Waals surface area contributed by atoms with Crippen LogP contribution in [0.4, 0.5) is 5.69 Å². The van der Waals surface area contributed by atoms with Crippen LogP contribution < -0.4 is 15.7 Å². The van der Waals surface area contributed by atoms with Gasteiger partial charge in [-0.2, -0.15) is 0 Å². The molecule has 1 unspecified atom stereocenters. The second kappa shape index (κ2) is 11.4. The molecule has 1 fully saturated rings. The quantitative estimate of drug-likeness (QED) is 0.306. The molecule has 0 spiro atoms. The van der Waals surface area contributed by atoms with E-state index in [1.807, 2.05) is 43.3 Å². The summed E-state index contributed by atoms with van der Waals surface area (Å²) < 4.78 is 7.70. The lowest BCUT2D eigenvalue weighted by Gasteiger charge is -2.33. The number of aromatic amines is 1. The molecule has 8 nitrogen and oxygen atoms in total. The monoisotopic (exact) mass is 534 g/mol. The predicted molar refractivity (Wildman–Crippen MR) is 149 cm³/mol. The molecular formula is C29H31ClN4O4. The molecule has 1 aliphatic heterocycles. The number of aliphatic hydroxyl groups is 1. The standard InChI is InChI=1S/C29H31ClN4O4/c1-19-6-8-20(9-7-19)28(36)31-25-4-2-3-5-27(25)38-18-23(35)17-33-14-12-22(13-15-33)34-26-16-21(30)10-11-24(26)32-29(34)37/h2-11,16,22-23,35H,12-15,17-18H2,1H3,(H,31,36)(H,32,37). The number of likely N-dealkylation sites (tertiary alicyclic amines) is 1. The molecule has 1 aliphatic rings. The highest BCUT2D eigenvalue weighted by Crippen LogP contribution is 2.27. The fourth-order valence-electron chi connectivity index (χ4n) is 4.95. The Morgan fingerprint density at radius 1 is 1.13 bits per heavy atom. The Morgan fingerprint density at radius 2 is 1.87 bits per heavy atom. The molecule has 3 aromatic carbocycles. The molecule has 5 rings (SSSR count). The number of aryl methyl sites for hydroxylation is 1. The first-order chi connectivity index (χ1) is 18.4. The predicted octanol–water partition coefficient (Wildman–Crippen LogP) is 4.62. The summed E-state index contributed by atoms with van der Waals surface area (Å²) in [6, 6.07) is 20.0. The summed E-state index contributed by atoms with van der Waals surface area (Å²) in [7, 11) is 0. The van der Waals surface area contributed by atoms with Crippen molar-refractivity contribution in [3.05, 3.63) is 93.4 Å². The zero-order valence-corrected chi connectivity index (χ0v) is 21.9. The molecule has 9 heteroatoms. The van der Waals surface area contributed by atoms with E-state index in [-0.39, 0.29) is 24.2 Å². The third-order valence-electron chi connectivity index (χ3n) is 6.95. The van der Waals surface area contributed by atoms with Crippen molar-refractivity contribution in [1.82, 2.24) is 14.5 Å². The van der Waals surface area contributed by atoms with Crippen molar-refractivity contribution in [3.63, 3.8) is 0 Å². The van der Waals surface area contributed by atoms with Crippen molar-refractivity contribution in [1.29, 1.82) is 0 Å².